The Hall–Kier alpha value is -5.05. The molecule has 38 heavy (non-hydrogen) atoms. The van der Waals surface area contributed by atoms with Crippen molar-refractivity contribution >= 4 is 33.7 Å². The van der Waals surface area contributed by atoms with Crippen LogP contribution < -0.4 is 10.1 Å². The lowest BCUT2D eigenvalue weighted by Gasteiger charge is -2.24. The van der Waals surface area contributed by atoms with E-state index in [9.17, 15) is 4.79 Å². The van der Waals surface area contributed by atoms with Gasteiger partial charge in [0.05, 0.1) is 12.0 Å². The van der Waals surface area contributed by atoms with Crippen LogP contribution in [-0.4, -0.2) is 35.6 Å². The summed E-state index contributed by atoms with van der Waals surface area (Å²) in [5.41, 5.74) is 5.08. The van der Waals surface area contributed by atoms with Gasteiger partial charge >= 0.3 is 0 Å². The minimum Gasteiger partial charge on any atom is -0.489 e. The molecule has 0 bridgehead atoms. The van der Waals surface area contributed by atoms with Gasteiger partial charge in [-0.3, -0.25) is 4.79 Å². The second-order valence-corrected chi connectivity index (χ2v) is 9.36. The summed E-state index contributed by atoms with van der Waals surface area (Å²) in [6, 6.07) is 22.5. The highest BCUT2D eigenvalue weighted by Crippen LogP contribution is 2.41. The second kappa shape index (κ2) is 8.81. The average Bonchev–Trinajstić information content (AvgIpc) is 3.56. The van der Waals surface area contributed by atoms with E-state index >= 15 is 0 Å². The normalized spacial score (nSPS) is 15.0. The van der Waals surface area contributed by atoms with Gasteiger partial charge in [0.1, 0.15) is 30.0 Å². The topological polar surface area (TPSA) is 111 Å². The zero-order valence-corrected chi connectivity index (χ0v) is 20.5. The molecule has 1 amide bonds. The van der Waals surface area contributed by atoms with Crippen molar-refractivity contribution in [3.05, 3.63) is 102 Å². The van der Waals surface area contributed by atoms with E-state index in [1.54, 1.807) is 11.0 Å². The van der Waals surface area contributed by atoms with Crippen LogP contribution in [0.4, 0.5) is 5.82 Å². The molecule has 3 aromatic carbocycles. The molecular formula is C29H23N7O2. The summed E-state index contributed by atoms with van der Waals surface area (Å²) in [6.07, 6.45) is 3.33. The lowest BCUT2D eigenvalue weighted by molar-refractivity contribution is -0.116. The van der Waals surface area contributed by atoms with Gasteiger partial charge in [0.15, 0.2) is 11.5 Å². The predicted molar refractivity (Wildman–Crippen MR) is 143 cm³/mol. The van der Waals surface area contributed by atoms with E-state index in [2.05, 4.69) is 55.6 Å². The number of aromatic amines is 1. The highest BCUT2D eigenvalue weighted by molar-refractivity contribution is 5.95. The number of benzene rings is 3. The number of nitrogens with zero attached hydrogens (tertiary/aromatic N) is 5. The monoisotopic (exact) mass is 501 g/mol. The third-order valence-corrected chi connectivity index (χ3v) is 7.04. The molecule has 2 N–H and O–H groups in total. The number of nitrogens with one attached hydrogen (secondary N) is 2. The Morgan fingerprint density at radius 1 is 1.03 bits per heavy atom. The molecule has 6 aromatic rings. The Morgan fingerprint density at radius 2 is 1.89 bits per heavy atom. The van der Waals surface area contributed by atoms with E-state index in [-0.39, 0.29) is 11.8 Å². The summed E-state index contributed by atoms with van der Waals surface area (Å²) in [4.78, 5) is 28.8. The van der Waals surface area contributed by atoms with E-state index in [4.69, 9.17) is 9.84 Å². The fourth-order valence-electron chi connectivity index (χ4n) is 5.30. The molecule has 4 heterocycles. The van der Waals surface area contributed by atoms with Crippen LogP contribution in [0.3, 0.4) is 0 Å². The maximum atomic E-state index is 12.9. The van der Waals surface area contributed by atoms with Gasteiger partial charge in [0.2, 0.25) is 5.91 Å². The number of amides is 1. The molecule has 1 atom stereocenters. The molecule has 0 saturated carbocycles. The van der Waals surface area contributed by atoms with Crippen molar-refractivity contribution < 1.29 is 9.53 Å². The molecule has 1 aliphatic heterocycles. The fraction of sp³-hybridized carbons (Fsp3) is 0.138. The Balaban J connectivity index is 1.24. The SMILES string of the molecule is Cc1nn(-c2ncnc3nc[nH]c23)c2c1C(c1cccc(OCc3cccc4ccccc34)c1)CC(=O)N2. The number of aryl methyl sites for hydroxylation is 1. The summed E-state index contributed by atoms with van der Waals surface area (Å²) in [7, 11) is 0. The highest BCUT2D eigenvalue weighted by atomic mass is 16.5. The van der Waals surface area contributed by atoms with Gasteiger partial charge in [0, 0.05) is 17.9 Å². The molecule has 3 aromatic heterocycles. The van der Waals surface area contributed by atoms with Crippen LogP contribution in [0.15, 0.2) is 79.4 Å². The minimum atomic E-state index is -0.173. The summed E-state index contributed by atoms with van der Waals surface area (Å²) < 4.78 is 7.91. The Bertz CT molecular complexity index is 1830. The minimum absolute atomic E-state index is 0.0827. The highest BCUT2D eigenvalue weighted by Gasteiger charge is 2.33. The number of fused-ring (bicyclic) bond motifs is 3. The van der Waals surface area contributed by atoms with Crippen LogP contribution in [0.25, 0.3) is 27.8 Å². The van der Waals surface area contributed by atoms with Crippen LogP contribution in [-0.2, 0) is 11.4 Å². The van der Waals surface area contributed by atoms with Crippen LogP contribution >= 0.6 is 0 Å². The number of anilines is 1. The van der Waals surface area contributed by atoms with Crippen molar-refractivity contribution in [1.82, 2.24) is 29.7 Å². The molecule has 186 valence electrons. The Morgan fingerprint density at radius 3 is 2.84 bits per heavy atom. The van der Waals surface area contributed by atoms with Gasteiger partial charge in [-0.1, -0.05) is 54.6 Å². The zero-order valence-electron chi connectivity index (χ0n) is 20.5. The van der Waals surface area contributed by atoms with Crippen molar-refractivity contribution in [2.45, 2.75) is 25.9 Å². The van der Waals surface area contributed by atoms with E-state index in [1.165, 1.54) is 17.1 Å². The van der Waals surface area contributed by atoms with Gasteiger partial charge in [-0.05, 0) is 41.0 Å². The third kappa shape index (κ3) is 3.67. The number of carbonyl (C=O) groups is 1. The summed E-state index contributed by atoms with van der Waals surface area (Å²) in [5, 5.41) is 10.1. The van der Waals surface area contributed by atoms with Gasteiger partial charge in [0.25, 0.3) is 0 Å². The van der Waals surface area contributed by atoms with Crippen LogP contribution in [0.2, 0.25) is 0 Å². The number of hydrogen-bond acceptors (Lipinski definition) is 6. The smallest absolute Gasteiger partial charge is 0.226 e. The first kappa shape index (κ1) is 22.2. The van der Waals surface area contributed by atoms with E-state index in [0.29, 0.717) is 35.8 Å². The van der Waals surface area contributed by atoms with E-state index < -0.39 is 0 Å². The Labute approximate surface area is 217 Å². The predicted octanol–water partition coefficient (Wildman–Crippen LogP) is 5.05. The van der Waals surface area contributed by atoms with Gasteiger partial charge in [-0.2, -0.15) is 9.78 Å². The summed E-state index contributed by atoms with van der Waals surface area (Å²) >= 11 is 0. The first-order chi connectivity index (χ1) is 18.7. The van der Waals surface area contributed by atoms with Crippen molar-refractivity contribution in [2.24, 2.45) is 0 Å². The van der Waals surface area contributed by atoms with E-state index in [1.807, 2.05) is 43.3 Å². The molecule has 0 saturated heterocycles. The molecule has 1 unspecified atom stereocenters. The first-order valence-electron chi connectivity index (χ1n) is 12.4. The number of H-pyrrole nitrogens is 1. The average molecular weight is 502 g/mol. The number of rotatable bonds is 5. The maximum absolute atomic E-state index is 12.9. The number of carbonyl (C=O) groups excluding carboxylic acids is 1. The molecule has 0 spiro atoms. The fourth-order valence-corrected chi connectivity index (χ4v) is 5.30. The number of imidazole rings is 1. The number of ether oxygens (including phenoxy) is 1. The Kier molecular flexibility index (Phi) is 5.14. The van der Waals surface area contributed by atoms with Crippen molar-refractivity contribution in [3.8, 4) is 11.6 Å². The van der Waals surface area contributed by atoms with Crippen LogP contribution in [0.5, 0.6) is 5.75 Å². The van der Waals surface area contributed by atoms with Crippen molar-refractivity contribution in [2.75, 3.05) is 5.32 Å². The van der Waals surface area contributed by atoms with Crippen molar-refractivity contribution in [3.63, 3.8) is 0 Å². The van der Waals surface area contributed by atoms with Gasteiger partial charge < -0.3 is 15.0 Å². The molecular weight excluding hydrogens is 478 g/mol. The quantitative estimate of drug-likeness (QED) is 0.342. The second-order valence-electron chi connectivity index (χ2n) is 9.36. The van der Waals surface area contributed by atoms with Crippen LogP contribution in [0, 0.1) is 6.92 Å². The summed E-state index contributed by atoms with van der Waals surface area (Å²) in [5.74, 6) is 1.64. The number of hydrogen-bond donors (Lipinski definition) is 2. The standard InChI is InChI=1S/C29H23N7O2/c1-17-25-23(13-24(37)34-28(25)36(35-17)29-26-27(31-15-30-26)32-16-33-29)19-8-5-10-21(12-19)38-14-20-9-4-7-18-6-2-3-11-22(18)20/h2-12,15-16,23H,13-14H2,1H3,(H,34,37)(H,30,31,32,33). The number of aromatic nitrogens is 6. The molecule has 0 radical (unpaired) electrons. The zero-order chi connectivity index (χ0) is 25.6. The van der Waals surface area contributed by atoms with Gasteiger partial charge in [-0.25, -0.2) is 15.0 Å². The molecule has 0 fully saturated rings. The molecule has 1 aliphatic rings. The van der Waals surface area contributed by atoms with Crippen molar-refractivity contribution in [1.29, 1.82) is 0 Å². The first-order valence-corrected chi connectivity index (χ1v) is 12.4. The third-order valence-electron chi connectivity index (χ3n) is 7.04. The lowest BCUT2D eigenvalue weighted by Crippen LogP contribution is -2.25. The summed E-state index contributed by atoms with van der Waals surface area (Å²) in [6.45, 7) is 2.40. The maximum Gasteiger partial charge on any atom is 0.226 e. The lowest BCUT2D eigenvalue weighted by atomic mass is 9.85. The largest absolute Gasteiger partial charge is 0.489 e. The van der Waals surface area contributed by atoms with Gasteiger partial charge in [-0.15, -0.1) is 0 Å². The molecule has 7 rings (SSSR count). The van der Waals surface area contributed by atoms with E-state index in [0.717, 1.165) is 28.1 Å². The van der Waals surface area contributed by atoms with Crippen LogP contribution in [0.1, 0.15) is 34.7 Å². The molecule has 9 heteroatoms. The molecule has 0 aliphatic carbocycles. The molecule has 9 nitrogen and oxygen atoms in total.